The van der Waals surface area contributed by atoms with Crippen LogP contribution >= 0.6 is 11.3 Å². The van der Waals surface area contributed by atoms with Crippen molar-refractivity contribution in [2.75, 3.05) is 0 Å². The zero-order valence-corrected chi connectivity index (χ0v) is 21.7. The Balaban J connectivity index is 0.000000185. The van der Waals surface area contributed by atoms with Crippen LogP contribution in [0, 0.1) is 6.92 Å². The lowest BCUT2D eigenvalue weighted by molar-refractivity contribution is 0.994. The van der Waals surface area contributed by atoms with Crippen LogP contribution in [0.3, 0.4) is 0 Å². The first-order valence-corrected chi connectivity index (χ1v) is 12.6. The van der Waals surface area contributed by atoms with Crippen molar-refractivity contribution < 1.29 is 0 Å². The average Bonchev–Trinajstić information content (AvgIpc) is 3.27. The Bertz CT molecular complexity index is 1550. The normalized spacial score (nSPS) is 11.8. The number of thiophene rings is 1. The van der Waals surface area contributed by atoms with Crippen LogP contribution in [0.5, 0.6) is 0 Å². The largest absolute Gasteiger partial charge is 0.209 e. The summed E-state index contributed by atoms with van der Waals surface area (Å²) < 4.78 is 2.77. The number of fused-ring (bicyclic) bond motifs is 3. The molecule has 5 rings (SSSR count). The summed E-state index contributed by atoms with van der Waals surface area (Å²) in [5, 5.41) is 2.78. The molecule has 0 radical (unpaired) electrons. The molecule has 0 aliphatic heterocycles. The van der Waals surface area contributed by atoms with Crippen LogP contribution in [0.4, 0.5) is 0 Å². The van der Waals surface area contributed by atoms with Gasteiger partial charge in [0.05, 0.1) is 0 Å². The molecule has 0 spiro atoms. The number of nitrogens with zero attached hydrogens (tertiary/aromatic N) is 3. The van der Waals surface area contributed by atoms with Gasteiger partial charge in [-0.05, 0) is 50.1 Å². The molecule has 2 aromatic heterocycles. The summed E-state index contributed by atoms with van der Waals surface area (Å²) in [6, 6.07) is 25.2. The van der Waals surface area contributed by atoms with Crippen LogP contribution < -0.4 is 0 Å². The zero-order valence-electron chi connectivity index (χ0n) is 20.9. The number of benzene rings is 3. The average molecular weight is 488 g/mol. The van der Waals surface area contributed by atoms with Crippen molar-refractivity contribution >= 4 is 42.7 Å². The van der Waals surface area contributed by atoms with Crippen molar-refractivity contribution in [2.24, 2.45) is 0 Å². The quantitative estimate of drug-likeness (QED) is 0.232. The molecule has 3 aromatic carbocycles. The second kappa shape index (κ2) is 11.5. The molecule has 5 aromatic rings. The highest BCUT2D eigenvalue weighted by Gasteiger charge is 2.10. The van der Waals surface area contributed by atoms with Crippen LogP contribution in [0.25, 0.3) is 42.7 Å². The third-order valence-corrected chi connectivity index (χ3v) is 6.79. The zero-order chi connectivity index (χ0) is 25.5. The minimum atomic E-state index is 0.653. The Morgan fingerprint density at radius 2 is 1.28 bits per heavy atom. The highest BCUT2D eigenvalue weighted by molar-refractivity contribution is 7.25. The molecule has 0 fully saturated rings. The monoisotopic (exact) mass is 487 g/mol. The maximum absolute atomic E-state index is 4.57. The minimum Gasteiger partial charge on any atom is -0.209 e. The highest BCUT2D eigenvalue weighted by atomic mass is 32.1. The van der Waals surface area contributed by atoms with Crippen LogP contribution in [0.2, 0.25) is 0 Å². The maximum Gasteiger partial charge on any atom is 0.164 e. The smallest absolute Gasteiger partial charge is 0.164 e. The van der Waals surface area contributed by atoms with Gasteiger partial charge in [-0.25, -0.2) is 15.0 Å². The van der Waals surface area contributed by atoms with Gasteiger partial charge in [0, 0.05) is 25.7 Å². The Morgan fingerprint density at radius 1 is 0.694 bits per heavy atom. The fraction of sp³-hybridized carbons (Fsp3) is 0.0938. The van der Waals surface area contributed by atoms with Gasteiger partial charge in [-0.15, -0.1) is 11.3 Å². The van der Waals surface area contributed by atoms with E-state index in [4.69, 9.17) is 0 Å². The number of aryl methyl sites for hydroxylation is 1. The molecule has 36 heavy (non-hydrogen) atoms. The van der Waals surface area contributed by atoms with Crippen LogP contribution in [0.1, 0.15) is 31.1 Å². The lowest BCUT2D eigenvalue weighted by atomic mass is 10.1. The molecule has 0 unspecified atom stereocenters. The van der Waals surface area contributed by atoms with Crippen LogP contribution in [-0.4, -0.2) is 15.0 Å². The van der Waals surface area contributed by atoms with E-state index in [1.54, 1.807) is 12.2 Å². The molecule has 178 valence electrons. The van der Waals surface area contributed by atoms with Crippen LogP contribution in [-0.2, 0) is 0 Å². The summed E-state index contributed by atoms with van der Waals surface area (Å²) in [5.74, 6) is 1.97. The van der Waals surface area contributed by atoms with Gasteiger partial charge in [-0.1, -0.05) is 97.6 Å². The van der Waals surface area contributed by atoms with E-state index in [0.29, 0.717) is 17.5 Å². The van der Waals surface area contributed by atoms with E-state index in [1.807, 2.05) is 67.7 Å². The molecule has 3 nitrogen and oxygen atoms in total. The predicted molar refractivity (Wildman–Crippen MR) is 157 cm³/mol. The fourth-order valence-corrected chi connectivity index (χ4v) is 4.87. The number of hydrogen-bond acceptors (Lipinski definition) is 4. The number of rotatable bonds is 5. The minimum absolute atomic E-state index is 0.653. The molecule has 0 atom stereocenters. The van der Waals surface area contributed by atoms with E-state index in [9.17, 15) is 0 Å². The third kappa shape index (κ3) is 5.73. The third-order valence-electron chi connectivity index (χ3n) is 5.64. The Labute approximate surface area is 216 Å². The molecule has 0 N–H and O–H groups in total. The van der Waals surface area contributed by atoms with Crippen molar-refractivity contribution in [3.63, 3.8) is 0 Å². The second-order valence-electron chi connectivity index (χ2n) is 8.44. The number of aromatic nitrogens is 3. The predicted octanol–water partition coefficient (Wildman–Crippen LogP) is 9.08. The van der Waals surface area contributed by atoms with Gasteiger partial charge < -0.3 is 0 Å². The van der Waals surface area contributed by atoms with Gasteiger partial charge in [0.2, 0.25) is 0 Å². The SMILES string of the molecule is C=C/C=C(\C)c1nc(/C(C)=C/C=C)nc(-c2ccccc2)n1.Cc1ccc2sc3ccccc3c2c1. The molecule has 0 saturated carbocycles. The fourth-order valence-electron chi connectivity index (χ4n) is 3.79. The molecule has 0 saturated heterocycles. The lowest BCUT2D eigenvalue weighted by Gasteiger charge is -2.08. The van der Waals surface area contributed by atoms with E-state index in [1.165, 1.54) is 25.7 Å². The van der Waals surface area contributed by atoms with E-state index in [-0.39, 0.29) is 0 Å². The Hall–Kier alpha value is -4.15. The van der Waals surface area contributed by atoms with Gasteiger partial charge in [-0.3, -0.25) is 0 Å². The molecule has 0 aliphatic carbocycles. The summed E-state index contributed by atoms with van der Waals surface area (Å²) in [4.78, 5) is 13.7. The van der Waals surface area contributed by atoms with E-state index in [2.05, 4.69) is 77.5 Å². The van der Waals surface area contributed by atoms with Gasteiger partial charge in [0.1, 0.15) is 0 Å². The second-order valence-corrected chi connectivity index (χ2v) is 9.52. The summed E-state index contributed by atoms with van der Waals surface area (Å²) >= 11 is 1.87. The first-order chi connectivity index (χ1) is 17.5. The topological polar surface area (TPSA) is 38.7 Å². The van der Waals surface area contributed by atoms with Gasteiger partial charge in [0.15, 0.2) is 17.5 Å². The van der Waals surface area contributed by atoms with E-state index >= 15 is 0 Å². The molecule has 0 bridgehead atoms. The summed E-state index contributed by atoms with van der Waals surface area (Å²) in [6.07, 6.45) is 7.24. The summed E-state index contributed by atoms with van der Waals surface area (Å²) in [6.45, 7) is 13.5. The highest BCUT2D eigenvalue weighted by Crippen LogP contribution is 2.33. The Kier molecular flexibility index (Phi) is 7.99. The molecule has 4 heteroatoms. The molecule has 0 aliphatic rings. The Morgan fingerprint density at radius 3 is 1.92 bits per heavy atom. The molecule has 2 heterocycles. The van der Waals surface area contributed by atoms with Crippen molar-refractivity contribution in [1.82, 2.24) is 15.0 Å². The number of hydrogen-bond donors (Lipinski definition) is 0. The first-order valence-electron chi connectivity index (χ1n) is 11.8. The van der Waals surface area contributed by atoms with E-state index < -0.39 is 0 Å². The first kappa shape index (κ1) is 25.0. The van der Waals surface area contributed by atoms with Crippen molar-refractivity contribution in [3.8, 4) is 11.4 Å². The van der Waals surface area contributed by atoms with Crippen molar-refractivity contribution in [1.29, 1.82) is 0 Å². The van der Waals surface area contributed by atoms with E-state index in [0.717, 1.165) is 16.7 Å². The maximum atomic E-state index is 4.57. The summed E-state index contributed by atoms with van der Waals surface area (Å²) in [7, 11) is 0. The standard InChI is InChI=1S/C19H19N3.C13H10S/c1-5-10-14(3)17-20-18(15(4)11-6-2)22-19(21-17)16-12-8-7-9-13-16;1-9-6-7-13-11(8-9)10-4-2-3-5-12(10)14-13/h5-13H,1-2H2,3-4H3;2-8H,1H3/b14-10+,15-11+;. The van der Waals surface area contributed by atoms with Crippen LogP contribution in [0.15, 0.2) is 110 Å². The van der Waals surface area contributed by atoms with Gasteiger partial charge in [0.25, 0.3) is 0 Å². The lowest BCUT2D eigenvalue weighted by Crippen LogP contribution is -2.03. The molecular weight excluding hydrogens is 458 g/mol. The summed E-state index contributed by atoms with van der Waals surface area (Å²) in [5.41, 5.74) is 4.19. The van der Waals surface area contributed by atoms with Gasteiger partial charge in [-0.2, -0.15) is 0 Å². The van der Waals surface area contributed by atoms with Crippen molar-refractivity contribution in [3.05, 3.63) is 127 Å². The molecule has 0 amide bonds. The van der Waals surface area contributed by atoms with Gasteiger partial charge >= 0.3 is 0 Å². The number of allylic oxidation sites excluding steroid dienone is 6. The van der Waals surface area contributed by atoms with Crippen molar-refractivity contribution in [2.45, 2.75) is 20.8 Å². The molecular formula is C32H29N3S.